The lowest BCUT2D eigenvalue weighted by Crippen LogP contribution is -2.47. The first kappa shape index (κ1) is 20.5. The van der Waals surface area contributed by atoms with Gasteiger partial charge in [-0.25, -0.2) is 14.4 Å². The minimum Gasteiger partial charge on any atom is -0.458 e. The van der Waals surface area contributed by atoms with E-state index in [9.17, 15) is 19.5 Å². The van der Waals surface area contributed by atoms with Crippen LogP contribution < -0.4 is 0 Å². The molecule has 0 spiro atoms. The molecular weight excluding hydrogens is 376 g/mol. The molecule has 0 saturated carbocycles. The minimum atomic E-state index is -2.06. The maximum absolute atomic E-state index is 12.6. The maximum Gasteiger partial charge on any atom is 0.342 e. The van der Waals surface area contributed by atoms with Crippen molar-refractivity contribution in [3.8, 4) is 0 Å². The molecule has 0 unspecified atom stereocenters. The Balaban J connectivity index is 1.74. The number of esters is 3. The van der Waals surface area contributed by atoms with Gasteiger partial charge in [-0.15, -0.1) is 0 Å². The smallest absolute Gasteiger partial charge is 0.342 e. The fourth-order valence-corrected chi connectivity index (χ4v) is 3.13. The second-order valence-electron chi connectivity index (χ2n) is 7.15. The van der Waals surface area contributed by atoms with Gasteiger partial charge in [-0.1, -0.05) is 36.4 Å². The second-order valence-corrected chi connectivity index (χ2v) is 7.15. The summed E-state index contributed by atoms with van der Waals surface area (Å²) in [7, 11) is 0. The van der Waals surface area contributed by atoms with Gasteiger partial charge < -0.3 is 19.3 Å². The summed E-state index contributed by atoms with van der Waals surface area (Å²) < 4.78 is 15.8. The van der Waals surface area contributed by atoms with Crippen LogP contribution in [0.25, 0.3) is 0 Å². The van der Waals surface area contributed by atoms with Gasteiger partial charge in [0, 0.05) is 0 Å². The Morgan fingerprint density at radius 3 is 2.07 bits per heavy atom. The average molecular weight is 398 g/mol. The number of ether oxygens (including phenoxy) is 3. The third-order valence-corrected chi connectivity index (χ3v) is 4.91. The third kappa shape index (κ3) is 4.14. The first-order valence-corrected chi connectivity index (χ1v) is 9.14. The monoisotopic (exact) mass is 398 g/mol. The van der Waals surface area contributed by atoms with E-state index in [1.165, 1.54) is 6.92 Å². The van der Waals surface area contributed by atoms with E-state index in [1.807, 2.05) is 0 Å². The van der Waals surface area contributed by atoms with E-state index < -0.39 is 35.7 Å². The van der Waals surface area contributed by atoms with E-state index in [-0.39, 0.29) is 6.61 Å². The molecule has 7 nitrogen and oxygen atoms in total. The molecule has 1 aliphatic rings. The summed E-state index contributed by atoms with van der Waals surface area (Å²) in [6, 6.07) is 13.7. The Bertz CT molecular complexity index is 948. The van der Waals surface area contributed by atoms with Crippen molar-refractivity contribution in [1.82, 2.24) is 0 Å². The molecule has 29 heavy (non-hydrogen) atoms. The minimum absolute atomic E-state index is 0.304. The van der Waals surface area contributed by atoms with E-state index >= 15 is 0 Å². The number of hydrogen-bond acceptors (Lipinski definition) is 7. The van der Waals surface area contributed by atoms with Crippen LogP contribution >= 0.6 is 0 Å². The number of cyclic esters (lactones) is 1. The van der Waals surface area contributed by atoms with Crippen LogP contribution in [0.1, 0.15) is 38.8 Å². The standard InChI is InChI=1S/C22H22O7/c1-13-8-4-6-10-15(13)19(23)27-12-17-18(22(3,26)21(25)28-17)29-20(24)16-11-7-5-9-14(16)2/h4-11,17-18,26H,12H2,1-3H3/t17-,18-,22-/m1/s1. The van der Waals surface area contributed by atoms with Gasteiger partial charge in [-0.2, -0.15) is 0 Å². The van der Waals surface area contributed by atoms with Crippen molar-refractivity contribution in [2.75, 3.05) is 6.61 Å². The highest BCUT2D eigenvalue weighted by Gasteiger charge is 2.56. The van der Waals surface area contributed by atoms with Crippen molar-refractivity contribution < 1.29 is 33.7 Å². The molecule has 1 saturated heterocycles. The number of hydrogen-bond donors (Lipinski definition) is 1. The number of carbonyl (C=O) groups excluding carboxylic acids is 3. The number of aliphatic hydroxyl groups is 1. The van der Waals surface area contributed by atoms with Crippen molar-refractivity contribution in [3.63, 3.8) is 0 Å². The number of rotatable bonds is 5. The van der Waals surface area contributed by atoms with Gasteiger partial charge in [-0.05, 0) is 44.0 Å². The van der Waals surface area contributed by atoms with Gasteiger partial charge in [0.1, 0.15) is 6.61 Å². The molecule has 1 fully saturated rings. The van der Waals surface area contributed by atoms with Crippen molar-refractivity contribution in [1.29, 1.82) is 0 Å². The third-order valence-electron chi connectivity index (χ3n) is 4.91. The molecular formula is C22H22O7. The molecule has 7 heteroatoms. The molecule has 0 aliphatic carbocycles. The molecule has 3 rings (SSSR count). The van der Waals surface area contributed by atoms with Gasteiger partial charge in [0.05, 0.1) is 11.1 Å². The van der Waals surface area contributed by atoms with E-state index in [0.717, 1.165) is 5.56 Å². The fraction of sp³-hybridized carbons (Fsp3) is 0.318. The Labute approximate surface area is 168 Å². The van der Waals surface area contributed by atoms with Crippen LogP contribution in [-0.4, -0.2) is 47.4 Å². The summed E-state index contributed by atoms with van der Waals surface area (Å²) in [5.74, 6) is -2.26. The molecule has 0 bridgehead atoms. The zero-order valence-electron chi connectivity index (χ0n) is 16.4. The summed E-state index contributed by atoms with van der Waals surface area (Å²) >= 11 is 0. The molecule has 1 N–H and O–H groups in total. The summed E-state index contributed by atoms with van der Waals surface area (Å²) in [6.45, 7) is 4.35. The Morgan fingerprint density at radius 2 is 1.52 bits per heavy atom. The predicted molar refractivity (Wildman–Crippen MR) is 102 cm³/mol. The van der Waals surface area contributed by atoms with Crippen molar-refractivity contribution in [2.45, 2.75) is 38.6 Å². The number of carbonyl (C=O) groups is 3. The van der Waals surface area contributed by atoms with E-state index in [1.54, 1.807) is 62.4 Å². The topological polar surface area (TPSA) is 99.1 Å². The van der Waals surface area contributed by atoms with E-state index in [2.05, 4.69) is 0 Å². The molecule has 2 aromatic rings. The van der Waals surface area contributed by atoms with Gasteiger partial charge in [0.2, 0.25) is 0 Å². The lowest BCUT2D eigenvalue weighted by Gasteiger charge is -2.24. The number of benzene rings is 2. The van der Waals surface area contributed by atoms with Crippen LogP contribution in [0.15, 0.2) is 48.5 Å². The van der Waals surface area contributed by atoms with Crippen LogP contribution in [0.3, 0.4) is 0 Å². The first-order chi connectivity index (χ1) is 13.7. The second kappa shape index (κ2) is 8.05. The largest absolute Gasteiger partial charge is 0.458 e. The lowest BCUT2D eigenvalue weighted by atomic mass is 9.98. The molecule has 1 aliphatic heterocycles. The molecule has 2 aromatic carbocycles. The molecule has 0 aromatic heterocycles. The van der Waals surface area contributed by atoms with Crippen LogP contribution in [0.4, 0.5) is 0 Å². The van der Waals surface area contributed by atoms with Gasteiger partial charge in [-0.3, -0.25) is 0 Å². The summed E-state index contributed by atoms with van der Waals surface area (Å²) in [5, 5.41) is 10.5. The zero-order chi connectivity index (χ0) is 21.2. The summed E-state index contributed by atoms with van der Waals surface area (Å²) in [4.78, 5) is 37.0. The normalized spacial score (nSPS) is 23.4. The zero-order valence-corrected chi connectivity index (χ0v) is 16.4. The summed E-state index contributed by atoms with van der Waals surface area (Å²) in [6.07, 6.45) is -2.45. The first-order valence-electron chi connectivity index (χ1n) is 9.14. The molecule has 3 atom stereocenters. The van der Waals surface area contributed by atoms with Crippen molar-refractivity contribution >= 4 is 17.9 Å². The molecule has 0 amide bonds. The Hall–Kier alpha value is -3.19. The molecule has 0 radical (unpaired) electrons. The highest BCUT2D eigenvalue weighted by molar-refractivity contribution is 5.92. The van der Waals surface area contributed by atoms with Crippen LogP contribution in [-0.2, 0) is 19.0 Å². The fourth-order valence-electron chi connectivity index (χ4n) is 3.13. The average Bonchev–Trinajstić information content (AvgIpc) is 2.89. The van der Waals surface area contributed by atoms with E-state index in [0.29, 0.717) is 16.7 Å². The SMILES string of the molecule is Cc1ccccc1C(=O)OC[C@H]1OC(=O)[C@](C)(O)[C@@H]1OC(=O)c1ccccc1C. The Kier molecular flexibility index (Phi) is 5.70. The summed E-state index contributed by atoms with van der Waals surface area (Å²) in [5.41, 5.74) is 0.0358. The molecule has 152 valence electrons. The quantitative estimate of drug-likeness (QED) is 0.610. The number of aryl methyl sites for hydroxylation is 2. The maximum atomic E-state index is 12.6. The van der Waals surface area contributed by atoms with Gasteiger partial charge in [0.25, 0.3) is 0 Å². The van der Waals surface area contributed by atoms with Gasteiger partial charge in [0.15, 0.2) is 17.8 Å². The lowest BCUT2D eigenvalue weighted by molar-refractivity contribution is -0.155. The van der Waals surface area contributed by atoms with E-state index in [4.69, 9.17) is 14.2 Å². The highest BCUT2D eigenvalue weighted by atomic mass is 16.6. The highest BCUT2D eigenvalue weighted by Crippen LogP contribution is 2.30. The van der Waals surface area contributed by atoms with Crippen molar-refractivity contribution in [3.05, 3.63) is 70.8 Å². The van der Waals surface area contributed by atoms with Crippen LogP contribution in [0.5, 0.6) is 0 Å². The predicted octanol–water partition coefficient (Wildman–Crippen LogP) is 2.36. The van der Waals surface area contributed by atoms with Crippen LogP contribution in [0.2, 0.25) is 0 Å². The van der Waals surface area contributed by atoms with Gasteiger partial charge >= 0.3 is 17.9 Å². The molecule has 1 heterocycles. The Morgan fingerprint density at radius 1 is 1.00 bits per heavy atom. The van der Waals surface area contributed by atoms with Crippen molar-refractivity contribution in [2.24, 2.45) is 0 Å². The van der Waals surface area contributed by atoms with Crippen LogP contribution in [0, 0.1) is 13.8 Å².